The molecule has 0 aliphatic carbocycles. The van der Waals surface area contributed by atoms with Crippen LogP contribution in [0.1, 0.15) is 0 Å². The van der Waals surface area contributed by atoms with Crippen LogP contribution in [-0.2, 0) is 0 Å². The van der Waals surface area contributed by atoms with Crippen molar-refractivity contribution in [2.45, 2.75) is 0 Å². The SMILES string of the molecule is c1ccc(-c2ccc(-c3cccc(N(c4ccc5sc6c7ccccc7c(-c7ccccc7)cc6c5c4)c4cccc5ccccc45)c3)cc2)cc1. The van der Waals surface area contributed by atoms with Crippen LogP contribution in [0.3, 0.4) is 0 Å². The van der Waals surface area contributed by atoms with Crippen molar-refractivity contribution in [2.75, 3.05) is 4.90 Å². The molecule has 0 amide bonds. The van der Waals surface area contributed by atoms with Crippen molar-refractivity contribution in [2.24, 2.45) is 0 Å². The van der Waals surface area contributed by atoms with Crippen LogP contribution in [0.4, 0.5) is 17.1 Å². The second-order valence-corrected chi connectivity index (χ2v) is 14.4. The van der Waals surface area contributed by atoms with Gasteiger partial charge >= 0.3 is 0 Å². The third kappa shape index (κ3) is 5.24. The van der Waals surface area contributed by atoms with Crippen LogP contribution < -0.4 is 4.90 Å². The number of rotatable bonds is 6. The molecular weight excluding hydrogens is 647 g/mol. The zero-order valence-electron chi connectivity index (χ0n) is 28.4. The van der Waals surface area contributed by atoms with Gasteiger partial charge < -0.3 is 4.90 Å². The highest BCUT2D eigenvalue weighted by molar-refractivity contribution is 7.26. The second-order valence-electron chi connectivity index (χ2n) is 13.3. The number of nitrogens with zero attached hydrogens (tertiary/aromatic N) is 1. The molecule has 1 nitrogen and oxygen atoms in total. The van der Waals surface area contributed by atoms with E-state index in [-0.39, 0.29) is 0 Å². The van der Waals surface area contributed by atoms with Gasteiger partial charge in [-0.1, -0.05) is 158 Å². The molecule has 1 heterocycles. The Hall–Kier alpha value is -6.48. The predicted octanol–water partition coefficient (Wildman–Crippen LogP) is 14.8. The lowest BCUT2D eigenvalue weighted by Gasteiger charge is -2.27. The zero-order valence-corrected chi connectivity index (χ0v) is 29.2. The van der Waals surface area contributed by atoms with E-state index in [2.05, 4.69) is 205 Å². The van der Waals surface area contributed by atoms with Gasteiger partial charge in [-0.25, -0.2) is 0 Å². The molecule has 0 radical (unpaired) electrons. The summed E-state index contributed by atoms with van der Waals surface area (Å²) < 4.78 is 2.62. The molecule has 2 heteroatoms. The fraction of sp³-hybridized carbons (Fsp3) is 0. The fourth-order valence-electron chi connectivity index (χ4n) is 7.72. The summed E-state index contributed by atoms with van der Waals surface area (Å²) in [5.41, 5.74) is 10.7. The maximum absolute atomic E-state index is 2.44. The molecular formula is C50H33NS. The van der Waals surface area contributed by atoms with Crippen molar-refractivity contribution in [3.05, 3.63) is 200 Å². The van der Waals surface area contributed by atoms with E-state index in [1.807, 2.05) is 11.3 Å². The smallest absolute Gasteiger partial charge is 0.0540 e. The highest BCUT2D eigenvalue weighted by Gasteiger charge is 2.19. The Labute approximate surface area is 307 Å². The van der Waals surface area contributed by atoms with E-state index in [0.717, 1.165) is 17.1 Å². The van der Waals surface area contributed by atoms with Gasteiger partial charge in [0.05, 0.1) is 5.69 Å². The van der Waals surface area contributed by atoms with E-state index >= 15 is 0 Å². The first kappa shape index (κ1) is 30.4. The van der Waals surface area contributed by atoms with Gasteiger partial charge in [-0.2, -0.15) is 0 Å². The number of hydrogen-bond donors (Lipinski definition) is 0. The molecule has 52 heavy (non-hydrogen) atoms. The third-order valence-electron chi connectivity index (χ3n) is 10.2. The van der Waals surface area contributed by atoms with Gasteiger partial charge in [0.2, 0.25) is 0 Å². The number of fused-ring (bicyclic) bond motifs is 6. The first-order valence-electron chi connectivity index (χ1n) is 17.8. The molecule has 0 N–H and O–H groups in total. The summed E-state index contributed by atoms with van der Waals surface area (Å²) >= 11 is 1.89. The molecule has 0 saturated heterocycles. The first-order valence-corrected chi connectivity index (χ1v) is 18.6. The molecule has 0 atom stereocenters. The highest BCUT2D eigenvalue weighted by atomic mass is 32.1. The zero-order chi connectivity index (χ0) is 34.4. The van der Waals surface area contributed by atoms with Gasteiger partial charge in [0.15, 0.2) is 0 Å². The molecule has 0 spiro atoms. The van der Waals surface area contributed by atoms with Crippen molar-refractivity contribution < 1.29 is 0 Å². The van der Waals surface area contributed by atoms with E-state index in [4.69, 9.17) is 0 Å². The van der Waals surface area contributed by atoms with E-state index in [1.54, 1.807) is 0 Å². The lowest BCUT2D eigenvalue weighted by molar-refractivity contribution is 1.30. The van der Waals surface area contributed by atoms with Gasteiger partial charge in [0.25, 0.3) is 0 Å². The largest absolute Gasteiger partial charge is 0.310 e. The van der Waals surface area contributed by atoms with Gasteiger partial charge in [-0.15, -0.1) is 11.3 Å². The quantitative estimate of drug-likeness (QED) is 0.169. The van der Waals surface area contributed by atoms with E-state index in [0.29, 0.717) is 0 Å². The first-order chi connectivity index (χ1) is 25.8. The number of hydrogen-bond acceptors (Lipinski definition) is 2. The normalized spacial score (nSPS) is 11.5. The molecule has 0 unspecified atom stereocenters. The summed E-state index contributed by atoms with van der Waals surface area (Å²) in [5, 5.41) is 7.61. The van der Waals surface area contributed by atoms with Crippen molar-refractivity contribution >= 4 is 70.1 Å². The van der Waals surface area contributed by atoms with Crippen LogP contribution in [0, 0.1) is 0 Å². The summed E-state index contributed by atoms with van der Waals surface area (Å²) in [6.07, 6.45) is 0. The number of benzene rings is 9. The molecule has 244 valence electrons. The number of anilines is 3. The second kappa shape index (κ2) is 12.7. The Morgan fingerprint density at radius 1 is 0.327 bits per heavy atom. The summed E-state index contributed by atoms with van der Waals surface area (Å²) in [5.74, 6) is 0. The topological polar surface area (TPSA) is 3.24 Å². The fourth-order valence-corrected chi connectivity index (χ4v) is 8.92. The van der Waals surface area contributed by atoms with Crippen LogP contribution in [0.5, 0.6) is 0 Å². The van der Waals surface area contributed by atoms with Crippen LogP contribution in [0.15, 0.2) is 200 Å². The molecule has 0 bridgehead atoms. The van der Waals surface area contributed by atoms with E-state index in [1.165, 1.54) is 75.1 Å². The Kier molecular flexibility index (Phi) is 7.41. The van der Waals surface area contributed by atoms with Crippen LogP contribution in [-0.4, -0.2) is 0 Å². The predicted molar refractivity (Wildman–Crippen MR) is 225 cm³/mol. The Morgan fingerprint density at radius 3 is 1.69 bits per heavy atom. The standard InChI is InChI=1S/C50H33NS/c1-3-13-34(14-4-1)35-25-27-36(28-26-35)39-19-11-20-40(31-39)51(48-24-12-18-37-17-7-8-21-42(37)48)41-29-30-49-46(32-41)47-33-45(38-15-5-2-6-16-38)43-22-9-10-23-44(43)50(47)52-49/h1-33H. The summed E-state index contributed by atoms with van der Waals surface area (Å²) in [6.45, 7) is 0. The van der Waals surface area contributed by atoms with E-state index < -0.39 is 0 Å². The van der Waals surface area contributed by atoms with E-state index in [9.17, 15) is 0 Å². The average molecular weight is 680 g/mol. The highest BCUT2D eigenvalue weighted by Crippen LogP contribution is 2.46. The van der Waals surface area contributed by atoms with Gasteiger partial charge in [-0.3, -0.25) is 0 Å². The molecule has 10 aromatic rings. The minimum Gasteiger partial charge on any atom is -0.310 e. The maximum atomic E-state index is 2.44. The number of thiophene rings is 1. The molecule has 10 rings (SSSR count). The lowest BCUT2D eigenvalue weighted by Crippen LogP contribution is -2.10. The monoisotopic (exact) mass is 679 g/mol. The Morgan fingerprint density at radius 2 is 0.904 bits per heavy atom. The Balaban J connectivity index is 1.17. The molecule has 9 aromatic carbocycles. The van der Waals surface area contributed by atoms with Gasteiger partial charge in [0.1, 0.15) is 0 Å². The summed E-state index contributed by atoms with van der Waals surface area (Å²) in [7, 11) is 0. The van der Waals surface area contributed by atoms with Gasteiger partial charge in [0, 0.05) is 42.3 Å². The molecule has 0 saturated carbocycles. The van der Waals surface area contributed by atoms with Crippen molar-refractivity contribution in [3.8, 4) is 33.4 Å². The van der Waals surface area contributed by atoms with Crippen molar-refractivity contribution in [1.29, 1.82) is 0 Å². The molecule has 0 aliphatic rings. The maximum Gasteiger partial charge on any atom is 0.0540 e. The lowest BCUT2D eigenvalue weighted by atomic mass is 9.95. The third-order valence-corrected chi connectivity index (χ3v) is 11.5. The van der Waals surface area contributed by atoms with Gasteiger partial charge in [-0.05, 0) is 86.6 Å². The molecule has 0 aliphatic heterocycles. The van der Waals surface area contributed by atoms with Crippen molar-refractivity contribution in [1.82, 2.24) is 0 Å². The van der Waals surface area contributed by atoms with Crippen LogP contribution in [0.25, 0.3) is 75.1 Å². The van der Waals surface area contributed by atoms with Crippen LogP contribution in [0.2, 0.25) is 0 Å². The van der Waals surface area contributed by atoms with Crippen LogP contribution >= 0.6 is 11.3 Å². The average Bonchev–Trinajstić information content (AvgIpc) is 3.60. The Bertz CT molecular complexity index is 2880. The minimum atomic E-state index is 1.12. The molecule has 1 aromatic heterocycles. The van der Waals surface area contributed by atoms with Crippen molar-refractivity contribution in [3.63, 3.8) is 0 Å². The summed E-state index contributed by atoms with van der Waals surface area (Å²) in [4.78, 5) is 2.44. The molecule has 0 fully saturated rings. The minimum absolute atomic E-state index is 1.12. The summed E-state index contributed by atoms with van der Waals surface area (Å²) in [6, 6.07) is 72.9.